The van der Waals surface area contributed by atoms with Crippen molar-refractivity contribution in [2.45, 2.75) is 0 Å². The lowest BCUT2D eigenvalue weighted by molar-refractivity contribution is 1.31. The van der Waals surface area contributed by atoms with E-state index in [-0.39, 0.29) is 0 Å². The van der Waals surface area contributed by atoms with Crippen molar-refractivity contribution >= 4 is 33.9 Å². The van der Waals surface area contributed by atoms with Crippen LogP contribution in [0.3, 0.4) is 0 Å². The zero-order chi connectivity index (χ0) is 12.4. The molecule has 3 nitrogen and oxygen atoms in total. The molecule has 0 atom stereocenters. The van der Waals surface area contributed by atoms with Crippen molar-refractivity contribution in [3.63, 3.8) is 0 Å². The number of benzene rings is 1. The van der Waals surface area contributed by atoms with Gasteiger partial charge in [0.15, 0.2) is 0 Å². The highest BCUT2D eigenvalue weighted by molar-refractivity contribution is 6.30. The fraction of sp³-hybridized carbons (Fsp3) is 0. The maximum atomic E-state index is 5.81. The molecule has 0 radical (unpaired) electrons. The summed E-state index contributed by atoms with van der Waals surface area (Å²) in [4.78, 5) is 8.33. The number of hydrogen-bond acceptors (Lipinski definition) is 3. The minimum absolute atomic E-state index is 0.627. The summed E-state index contributed by atoms with van der Waals surface area (Å²) in [5, 5.41) is 6.11. The fourth-order valence-corrected chi connectivity index (χ4v) is 1.93. The van der Waals surface area contributed by atoms with Crippen LogP contribution in [0.5, 0.6) is 0 Å². The first-order valence-electron chi connectivity index (χ1n) is 5.54. The van der Waals surface area contributed by atoms with Gasteiger partial charge in [-0.3, -0.25) is 4.98 Å². The molecule has 0 saturated carbocycles. The second-order valence-corrected chi connectivity index (χ2v) is 4.33. The zero-order valence-electron chi connectivity index (χ0n) is 9.47. The third-order valence-electron chi connectivity index (χ3n) is 2.67. The van der Waals surface area contributed by atoms with E-state index in [0.717, 1.165) is 22.3 Å². The maximum absolute atomic E-state index is 5.81. The molecule has 0 amide bonds. The topological polar surface area (TPSA) is 37.8 Å². The van der Waals surface area contributed by atoms with Gasteiger partial charge in [-0.1, -0.05) is 23.7 Å². The number of halogens is 1. The smallest absolute Gasteiger partial charge is 0.130 e. The largest absolute Gasteiger partial charge is 0.340 e. The molecule has 0 fully saturated rings. The van der Waals surface area contributed by atoms with E-state index in [1.54, 1.807) is 12.4 Å². The summed E-state index contributed by atoms with van der Waals surface area (Å²) >= 11 is 5.81. The molecule has 2 aromatic heterocycles. The second kappa shape index (κ2) is 4.63. The van der Waals surface area contributed by atoms with Gasteiger partial charge >= 0.3 is 0 Å². The molecule has 0 unspecified atom stereocenters. The quantitative estimate of drug-likeness (QED) is 0.751. The molecule has 18 heavy (non-hydrogen) atoms. The van der Waals surface area contributed by atoms with Crippen LogP contribution in [-0.4, -0.2) is 9.97 Å². The molecular formula is C14H10ClN3. The molecule has 3 rings (SSSR count). The van der Waals surface area contributed by atoms with Crippen molar-refractivity contribution in [2.75, 3.05) is 5.32 Å². The molecule has 0 aliphatic carbocycles. The van der Waals surface area contributed by atoms with Crippen molar-refractivity contribution in [2.24, 2.45) is 0 Å². The SMILES string of the molecule is Clc1ccc(Nc2cccc3cnccc23)nc1. The van der Waals surface area contributed by atoms with E-state index in [2.05, 4.69) is 15.3 Å². The normalized spacial score (nSPS) is 10.5. The molecule has 0 spiro atoms. The van der Waals surface area contributed by atoms with Crippen LogP contribution >= 0.6 is 11.6 Å². The summed E-state index contributed by atoms with van der Waals surface area (Å²) in [7, 11) is 0. The number of rotatable bonds is 2. The van der Waals surface area contributed by atoms with E-state index in [1.807, 2.05) is 42.6 Å². The number of pyridine rings is 2. The van der Waals surface area contributed by atoms with E-state index in [4.69, 9.17) is 11.6 Å². The first-order chi connectivity index (χ1) is 8.83. The molecule has 88 valence electrons. The zero-order valence-corrected chi connectivity index (χ0v) is 10.2. The molecular weight excluding hydrogens is 246 g/mol. The summed E-state index contributed by atoms with van der Waals surface area (Å²) in [6, 6.07) is 11.7. The third kappa shape index (κ3) is 2.13. The van der Waals surface area contributed by atoms with Crippen LogP contribution in [0, 0.1) is 0 Å². The fourth-order valence-electron chi connectivity index (χ4n) is 1.82. The molecule has 3 aromatic rings. The van der Waals surface area contributed by atoms with Gasteiger partial charge in [0.2, 0.25) is 0 Å². The lowest BCUT2D eigenvalue weighted by Crippen LogP contribution is -1.93. The highest BCUT2D eigenvalue weighted by Gasteiger charge is 2.01. The van der Waals surface area contributed by atoms with Crippen LogP contribution in [0.15, 0.2) is 55.0 Å². The summed E-state index contributed by atoms with van der Waals surface area (Å²) in [6.45, 7) is 0. The van der Waals surface area contributed by atoms with Gasteiger partial charge in [0, 0.05) is 35.1 Å². The van der Waals surface area contributed by atoms with Gasteiger partial charge < -0.3 is 5.32 Å². The van der Waals surface area contributed by atoms with Crippen LogP contribution in [0.4, 0.5) is 11.5 Å². The minimum atomic E-state index is 0.627. The van der Waals surface area contributed by atoms with Crippen LogP contribution in [0.25, 0.3) is 10.8 Å². The lowest BCUT2D eigenvalue weighted by atomic mass is 10.1. The van der Waals surface area contributed by atoms with Gasteiger partial charge in [0.1, 0.15) is 5.82 Å². The number of fused-ring (bicyclic) bond motifs is 1. The summed E-state index contributed by atoms with van der Waals surface area (Å²) in [6.07, 6.45) is 5.25. The van der Waals surface area contributed by atoms with Gasteiger partial charge in [-0.05, 0) is 24.3 Å². The predicted octanol–water partition coefficient (Wildman–Crippen LogP) is 4.03. The highest BCUT2D eigenvalue weighted by atomic mass is 35.5. The van der Waals surface area contributed by atoms with Crippen molar-refractivity contribution in [1.29, 1.82) is 0 Å². The molecule has 0 aliphatic heterocycles. The molecule has 2 heterocycles. The molecule has 0 saturated heterocycles. The van der Waals surface area contributed by atoms with E-state index < -0.39 is 0 Å². The highest BCUT2D eigenvalue weighted by Crippen LogP contribution is 2.25. The van der Waals surface area contributed by atoms with E-state index in [1.165, 1.54) is 0 Å². The number of nitrogens with one attached hydrogen (secondary N) is 1. The number of nitrogens with zero attached hydrogens (tertiary/aromatic N) is 2. The van der Waals surface area contributed by atoms with Gasteiger partial charge in [0.25, 0.3) is 0 Å². The van der Waals surface area contributed by atoms with Crippen LogP contribution in [0.2, 0.25) is 5.02 Å². The first-order valence-corrected chi connectivity index (χ1v) is 5.92. The van der Waals surface area contributed by atoms with Gasteiger partial charge in [-0.2, -0.15) is 0 Å². The summed E-state index contributed by atoms with van der Waals surface area (Å²) in [5.74, 6) is 0.767. The Kier molecular flexibility index (Phi) is 2.82. The first kappa shape index (κ1) is 11.0. The van der Waals surface area contributed by atoms with Crippen molar-refractivity contribution in [3.05, 3.63) is 60.0 Å². The minimum Gasteiger partial charge on any atom is -0.340 e. The molecule has 0 bridgehead atoms. The van der Waals surface area contributed by atoms with E-state index in [0.29, 0.717) is 5.02 Å². The van der Waals surface area contributed by atoms with Crippen LogP contribution in [0.1, 0.15) is 0 Å². The summed E-state index contributed by atoms with van der Waals surface area (Å²) < 4.78 is 0. The van der Waals surface area contributed by atoms with Crippen molar-refractivity contribution in [3.8, 4) is 0 Å². The van der Waals surface area contributed by atoms with Crippen molar-refractivity contribution < 1.29 is 0 Å². The van der Waals surface area contributed by atoms with Crippen LogP contribution in [-0.2, 0) is 0 Å². The van der Waals surface area contributed by atoms with Crippen molar-refractivity contribution in [1.82, 2.24) is 9.97 Å². The predicted molar refractivity (Wildman–Crippen MR) is 74.3 cm³/mol. The van der Waals surface area contributed by atoms with Crippen LogP contribution < -0.4 is 5.32 Å². The standard InChI is InChI=1S/C14H10ClN3/c15-11-4-5-14(17-9-11)18-13-3-1-2-10-8-16-7-6-12(10)13/h1-9H,(H,17,18). The second-order valence-electron chi connectivity index (χ2n) is 3.89. The Morgan fingerprint density at radius 1 is 1.00 bits per heavy atom. The Morgan fingerprint density at radius 3 is 2.78 bits per heavy atom. The average Bonchev–Trinajstić information content (AvgIpc) is 2.42. The average molecular weight is 256 g/mol. The molecule has 1 aromatic carbocycles. The molecule has 4 heteroatoms. The number of anilines is 2. The Morgan fingerprint density at radius 2 is 1.94 bits per heavy atom. The Balaban J connectivity index is 2.02. The maximum Gasteiger partial charge on any atom is 0.130 e. The number of hydrogen-bond donors (Lipinski definition) is 1. The third-order valence-corrected chi connectivity index (χ3v) is 2.89. The van der Waals surface area contributed by atoms with E-state index >= 15 is 0 Å². The van der Waals surface area contributed by atoms with Gasteiger partial charge in [-0.15, -0.1) is 0 Å². The Labute approximate surface area is 109 Å². The van der Waals surface area contributed by atoms with E-state index in [9.17, 15) is 0 Å². The molecule has 0 aliphatic rings. The summed E-state index contributed by atoms with van der Waals surface area (Å²) in [5.41, 5.74) is 1.00. The lowest BCUT2D eigenvalue weighted by Gasteiger charge is -2.08. The van der Waals surface area contributed by atoms with Gasteiger partial charge in [-0.25, -0.2) is 4.98 Å². The molecule has 1 N–H and O–H groups in total. The van der Waals surface area contributed by atoms with Gasteiger partial charge in [0.05, 0.1) is 5.02 Å². The monoisotopic (exact) mass is 255 g/mol. The Bertz CT molecular complexity index is 675. The number of aromatic nitrogens is 2. The Hall–Kier alpha value is -2.13.